The van der Waals surface area contributed by atoms with Crippen LogP contribution in [0.5, 0.6) is 0 Å². The molecule has 0 aliphatic heterocycles. The van der Waals surface area contributed by atoms with E-state index in [1.165, 1.54) is 6.07 Å². The van der Waals surface area contributed by atoms with E-state index in [2.05, 4.69) is 31.6 Å². The zero-order valence-electron chi connectivity index (χ0n) is 14.0. The Morgan fingerprint density at radius 3 is 2.59 bits per heavy atom. The van der Waals surface area contributed by atoms with E-state index in [0.717, 1.165) is 21.2 Å². The van der Waals surface area contributed by atoms with Crippen LogP contribution in [0, 0.1) is 10.1 Å². The van der Waals surface area contributed by atoms with Crippen LogP contribution in [0.25, 0.3) is 11.0 Å². The molecule has 1 heterocycles. The Labute approximate surface area is 162 Å². The first-order valence-corrected chi connectivity index (χ1v) is 8.97. The van der Waals surface area contributed by atoms with E-state index in [9.17, 15) is 10.1 Å². The summed E-state index contributed by atoms with van der Waals surface area (Å²) >= 11 is 3.42. The molecular formula is C19H14BrN5O2. The summed E-state index contributed by atoms with van der Waals surface area (Å²) in [4.78, 5) is 10.8. The number of aromatic nitrogens is 3. The van der Waals surface area contributed by atoms with Crippen molar-refractivity contribution in [3.05, 3.63) is 92.9 Å². The van der Waals surface area contributed by atoms with Gasteiger partial charge in [0.05, 0.1) is 10.4 Å². The van der Waals surface area contributed by atoms with Crippen molar-refractivity contribution in [1.29, 1.82) is 0 Å². The Kier molecular flexibility index (Phi) is 4.55. The van der Waals surface area contributed by atoms with Crippen molar-refractivity contribution in [2.45, 2.75) is 6.17 Å². The first-order chi connectivity index (χ1) is 13.1. The number of nitrogens with one attached hydrogen (secondary N) is 1. The lowest BCUT2D eigenvalue weighted by Crippen LogP contribution is -2.21. The molecule has 0 spiro atoms. The van der Waals surface area contributed by atoms with Crippen molar-refractivity contribution in [3.63, 3.8) is 0 Å². The molecule has 0 bridgehead atoms. The summed E-state index contributed by atoms with van der Waals surface area (Å²) in [5.74, 6) is 0. The number of rotatable bonds is 5. The van der Waals surface area contributed by atoms with Gasteiger partial charge in [0.25, 0.3) is 5.69 Å². The first kappa shape index (κ1) is 17.2. The number of nitrogens with zero attached hydrogens (tertiary/aromatic N) is 4. The molecule has 27 heavy (non-hydrogen) atoms. The number of hydrogen-bond donors (Lipinski definition) is 1. The fourth-order valence-electron chi connectivity index (χ4n) is 2.88. The highest BCUT2D eigenvalue weighted by Gasteiger charge is 2.20. The summed E-state index contributed by atoms with van der Waals surface area (Å²) in [5, 5.41) is 23.1. The molecule has 134 valence electrons. The minimum absolute atomic E-state index is 0.0273. The minimum Gasteiger partial charge on any atom is -0.360 e. The van der Waals surface area contributed by atoms with Gasteiger partial charge in [0.15, 0.2) is 0 Å². The molecule has 0 fully saturated rings. The largest absolute Gasteiger partial charge is 0.360 e. The fourth-order valence-corrected chi connectivity index (χ4v) is 3.14. The number of nitro benzene ring substituents is 1. The number of anilines is 1. The third-order valence-corrected chi connectivity index (χ3v) is 4.69. The third kappa shape index (κ3) is 3.52. The van der Waals surface area contributed by atoms with Crippen LogP contribution in [0.3, 0.4) is 0 Å². The third-order valence-electron chi connectivity index (χ3n) is 4.17. The number of halogens is 1. The van der Waals surface area contributed by atoms with Crippen LogP contribution in [0.2, 0.25) is 0 Å². The van der Waals surface area contributed by atoms with Gasteiger partial charge in [-0.15, -0.1) is 5.10 Å². The molecule has 4 aromatic rings. The molecule has 8 heteroatoms. The summed E-state index contributed by atoms with van der Waals surface area (Å²) in [6.07, 6.45) is -0.460. The normalized spacial score (nSPS) is 12.0. The van der Waals surface area contributed by atoms with Crippen LogP contribution in [0.4, 0.5) is 11.4 Å². The molecule has 7 nitrogen and oxygen atoms in total. The van der Waals surface area contributed by atoms with Gasteiger partial charge in [0, 0.05) is 27.9 Å². The fraction of sp³-hybridized carbons (Fsp3) is 0.0526. The second kappa shape index (κ2) is 7.16. The van der Waals surface area contributed by atoms with Crippen LogP contribution in [-0.2, 0) is 0 Å². The van der Waals surface area contributed by atoms with Crippen LogP contribution in [0.15, 0.2) is 77.3 Å². The molecule has 1 aromatic heterocycles. The van der Waals surface area contributed by atoms with Gasteiger partial charge in [-0.05, 0) is 36.4 Å². The lowest BCUT2D eigenvalue weighted by molar-refractivity contribution is -0.384. The maximum absolute atomic E-state index is 11.2. The van der Waals surface area contributed by atoms with E-state index >= 15 is 0 Å². The molecule has 0 radical (unpaired) electrons. The van der Waals surface area contributed by atoms with Crippen LogP contribution < -0.4 is 5.32 Å². The molecule has 1 atom stereocenters. The molecule has 3 aromatic carbocycles. The highest BCUT2D eigenvalue weighted by Crippen LogP contribution is 2.27. The minimum atomic E-state index is -0.460. The van der Waals surface area contributed by atoms with Gasteiger partial charge in [-0.25, -0.2) is 4.68 Å². The molecule has 4 rings (SSSR count). The predicted molar refractivity (Wildman–Crippen MR) is 107 cm³/mol. The SMILES string of the molecule is O=[N+]([O-])c1cccc([C@@H](Nc2ccc(Br)cc2)n2nnc3ccccc32)c1. The number of benzene rings is 3. The topological polar surface area (TPSA) is 85.9 Å². The molecule has 1 N–H and O–H groups in total. The lowest BCUT2D eigenvalue weighted by atomic mass is 10.1. The number of fused-ring (bicyclic) bond motifs is 1. The second-order valence-electron chi connectivity index (χ2n) is 5.93. The van der Waals surface area contributed by atoms with Gasteiger partial charge in [-0.2, -0.15) is 0 Å². The number of nitro groups is 1. The van der Waals surface area contributed by atoms with Gasteiger partial charge in [0.1, 0.15) is 11.7 Å². The Morgan fingerprint density at radius 2 is 1.81 bits per heavy atom. The van der Waals surface area contributed by atoms with E-state index in [1.807, 2.05) is 54.6 Å². The van der Waals surface area contributed by atoms with E-state index in [4.69, 9.17) is 0 Å². The molecule has 0 aliphatic carbocycles. The number of non-ortho nitro benzene ring substituents is 1. The van der Waals surface area contributed by atoms with E-state index in [1.54, 1.807) is 16.8 Å². The van der Waals surface area contributed by atoms with E-state index in [0.29, 0.717) is 5.56 Å². The highest BCUT2D eigenvalue weighted by atomic mass is 79.9. The van der Waals surface area contributed by atoms with Crippen molar-refractivity contribution >= 4 is 38.3 Å². The summed E-state index contributed by atoms with van der Waals surface area (Å²) < 4.78 is 2.70. The van der Waals surface area contributed by atoms with E-state index < -0.39 is 11.1 Å². The lowest BCUT2D eigenvalue weighted by Gasteiger charge is -2.21. The molecule has 0 unspecified atom stereocenters. The molecule has 0 aliphatic rings. The highest BCUT2D eigenvalue weighted by molar-refractivity contribution is 9.10. The van der Waals surface area contributed by atoms with Gasteiger partial charge < -0.3 is 5.32 Å². The molecule has 0 amide bonds. The Balaban J connectivity index is 1.83. The quantitative estimate of drug-likeness (QED) is 0.369. The average Bonchev–Trinajstić information content (AvgIpc) is 3.11. The average molecular weight is 424 g/mol. The van der Waals surface area contributed by atoms with Crippen molar-refractivity contribution in [1.82, 2.24) is 15.0 Å². The summed E-state index contributed by atoms with van der Waals surface area (Å²) in [6.45, 7) is 0. The van der Waals surface area contributed by atoms with Gasteiger partial charge in [0.2, 0.25) is 0 Å². The zero-order valence-corrected chi connectivity index (χ0v) is 15.6. The standard InChI is InChI=1S/C19H14BrN5O2/c20-14-8-10-15(11-9-14)21-19(13-4-3-5-16(12-13)25(26)27)24-18-7-2-1-6-17(18)22-23-24/h1-12,19,21H/t19-/m0/s1. The van der Waals surface area contributed by atoms with Crippen LogP contribution in [-0.4, -0.2) is 19.9 Å². The monoisotopic (exact) mass is 423 g/mol. The van der Waals surface area contributed by atoms with Crippen LogP contribution in [0.1, 0.15) is 11.7 Å². The summed E-state index contributed by atoms with van der Waals surface area (Å²) in [7, 11) is 0. The van der Waals surface area contributed by atoms with Crippen molar-refractivity contribution in [2.75, 3.05) is 5.32 Å². The smallest absolute Gasteiger partial charge is 0.269 e. The summed E-state index contributed by atoms with van der Waals surface area (Å²) in [5.41, 5.74) is 3.18. The molecule has 0 saturated carbocycles. The number of hydrogen-bond acceptors (Lipinski definition) is 5. The van der Waals surface area contributed by atoms with Crippen LogP contribution >= 0.6 is 15.9 Å². The maximum Gasteiger partial charge on any atom is 0.269 e. The number of para-hydroxylation sites is 1. The molecule has 0 saturated heterocycles. The Hall–Kier alpha value is -3.26. The first-order valence-electron chi connectivity index (χ1n) is 8.18. The van der Waals surface area contributed by atoms with Gasteiger partial charge >= 0.3 is 0 Å². The van der Waals surface area contributed by atoms with Crippen molar-refractivity contribution in [3.8, 4) is 0 Å². The van der Waals surface area contributed by atoms with Crippen molar-refractivity contribution in [2.24, 2.45) is 0 Å². The van der Waals surface area contributed by atoms with Crippen molar-refractivity contribution < 1.29 is 4.92 Å². The molecular weight excluding hydrogens is 410 g/mol. The zero-order chi connectivity index (χ0) is 18.8. The second-order valence-corrected chi connectivity index (χ2v) is 6.84. The Bertz CT molecular complexity index is 1110. The van der Waals surface area contributed by atoms with E-state index in [-0.39, 0.29) is 5.69 Å². The summed E-state index contributed by atoms with van der Waals surface area (Å²) in [6, 6.07) is 21.8. The maximum atomic E-state index is 11.2. The van der Waals surface area contributed by atoms with Gasteiger partial charge in [-0.3, -0.25) is 10.1 Å². The predicted octanol–water partition coefficient (Wildman–Crippen LogP) is 4.76. The Morgan fingerprint density at radius 1 is 1.04 bits per heavy atom. The van der Waals surface area contributed by atoms with Gasteiger partial charge in [-0.1, -0.05) is 45.4 Å².